The Kier molecular flexibility index (Phi) is 8.06. The molecule has 1 amide bonds. The Morgan fingerprint density at radius 2 is 1.54 bits per heavy atom. The van der Waals surface area contributed by atoms with Crippen LogP contribution in [-0.4, -0.2) is 52.7 Å². The minimum absolute atomic E-state index is 0.0323. The summed E-state index contributed by atoms with van der Waals surface area (Å²) >= 11 is 0. The van der Waals surface area contributed by atoms with E-state index in [1.165, 1.54) is 12.1 Å². The van der Waals surface area contributed by atoms with Gasteiger partial charge in [0, 0.05) is 56.5 Å². The first kappa shape index (κ1) is 26.2. The fourth-order valence-electron chi connectivity index (χ4n) is 4.88. The molecule has 0 unspecified atom stereocenters. The topological polar surface area (TPSA) is 66.4 Å². The molecule has 4 aromatic rings. The molecule has 7 heteroatoms. The number of Topliss-reactive ketones (excluding diaryl/α,β-unsaturated/α-hetero) is 1. The van der Waals surface area contributed by atoms with Gasteiger partial charge < -0.3 is 9.80 Å². The summed E-state index contributed by atoms with van der Waals surface area (Å²) in [6.07, 6.45) is 3.07. The standard InChI is InChI=1S/C32H31FN4O2/c1-23(38)19-24-5-9-27(10-6-24)30-13-14-34-31(35-30)21-25-7-11-29(12-8-25)36-15-17-37(18-16-36)32(39)22-26-3-2-4-28(33)20-26/h2-14,20H,15-19,21-22H2,1H3. The summed E-state index contributed by atoms with van der Waals surface area (Å²) in [5.41, 5.74) is 5.80. The van der Waals surface area contributed by atoms with Crippen LogP contribution in [0.1, 0.15) is 29.4 Å². The first-order valence-electron chi connectivity index (χ1n) is 13.2. The second-order valence-corrected chi connectivity index (χ2v) is 9.95. The van der Waals surface area contributed by atoms with Crippen LogP contribution in [0.25, 0.3) is 11.3 Å². The summed E-state index contributed by atoms with van der Waals surface area (Å²) in [4.78, 5) is 37.4. The molecule has 6 nitrogen and oxygen atoms in total. The molecule has 198 valence electrons. The molecule has 39 heavy (non-hydrogen) atoms. The number of carbonyl (C=O) groups excluding carboxylic acids is 2. The van der Waals surface area contributed by atoms with Crippen LogP contribution in [-0.2, 0) is 28.9 Å². The van der Waals surface area contributed by atoms with Crippen molar-refractivity contribution in [3.63, 3.8) is 0 Å². The van der Waals surface area contributed by atoms with Crippen molar-refractivity contribution in [2.45, 2.75) is 26.2 Å². The number of hydrogen-bond donors (Lipinski definition) is 0. The lowest BCUT2D eigenvalue weighted by atomic mass is 10.1. The monoisotopic (exact) mass is 522 g/mol. The van der Waals surface area contributed by atoms with Crippen LogP contribution in [0.2, 0.25) is 0 Å². The van der Waals surface area contributed by atoms with Gasteiger partial charge in [-0.05, 0) is 53.9 Å². The molecule has 0 spiro atoms. The number of carbonyl (C=O) groups is 2. The van der Waals surface area contributed by atoms with Gasteiger partial charge in [-0.1, -0.05) is 48.5 Å². The Labute approximate surface area is 228 Å². The van der Waals surface area contributed by atoms with Crippen molar-refractivity contribution in [1.29, 1.82) is 0 Å². The normalized spacial score (nSPS) is 13.4. The van der Waals surface area contributed by atoms with Gasteiger partial charge in [-0.15, -0.1) is 0 Å². The Bertz CT molecular complexity index is 1450. The molecule has 1 aliphatic heterocycles. The number of amides is 1. The van der Waals surface area contributed by atoms with Crippen molar-refractivity contribution in [1.82, 2.24) is 14.9 Å². The van der Waals surface area contributed by atoms with Crippen LogP contribution < -0.4 is 4.90 Å². The summed E-state index contributed by atoms with van der Waals surface area (Å²) in [6.45, 7) is 4.40. The highest BCUT2D eigenvalue weighted by Crippen LogP contribution is 2.21. The van der Waals surface area contributed by atoms with Crippen molar-refractivity contribution >= 4 is 17.4 Å². The average molecular weight is 523 g/mol. The van der Waals surface area contributed by atoms with Crippen LogP contribution >= 0.6 is 0 Å². The van der Waals surface area contributed by atoms with Crippen LogP contribution in [0.4, 0.5) is 10.1 Å². The van der Waals surface area contributed by atoms with Crippen LogP contribution in [0.15, 0.2) is 85.1 Å². The predicted molar refractivity (Wildman–Crippen MR) is 150 cm³/mol. The van der Waals surface area contributed by atoms with Crippen molar-refractivity contribution in [2.24, 2.45) is 0 Å². The van der Waals surface area contributed by atoms with Gasteiger partial charge in [0.05, 0.1) is 12.1 Å². The van der Waals surface area contributed by atoms with E-state index >= 15 is 0 Å². The van der Waals surface area contributed by atoms with E-state index in [4.69, 9.17) is 4.98 Å². The lowest BCUT2D eigenvalue weighted by Gasteiger charge is -2.36. The number of aromatic nitrogens is 2. The lowest BCUT2D eigenvalue weighted by Crippen LogP contribution is -2.49. The highest BCUT2D eigenvalue weighted by atomic mass is 19.1. The second kappa shape index (κ2) is 12.0. The summed E-state index contributed by atoms with van der Waals surface area (Å²) in [7, 11) is 0. The molecular formula is C32H31FN4O2. The summed E-state index contributed by atoms with van der Waals surface area (Å²) < 4.78 is 13.4. The Morgan fingerprint density at radius 3 is 2.23 bits per heavy atom. The Balaban J connectivity index is 1.15. The zero-order chi connectivity index (χ0) is 27.2. The van der Waals surface area contributed by atoms with E-state index in [1.54, 1.807) is 25.3 Å². The lowest BCUT2D eigenvalue weighted by molar-refractivity contribution is -0.130. The average Bonchev–Trinajstić information content (AvgIpc) is 2.94. The molecule has 1 fully saturated rings. The molecule has 3 aromatic carbocycles. The third-order valence-electron chi connectivity index (χ3n) is 6.95. The minimum atomic E-state index is -0.315. The molecule has 1 aromatic heterocycles. The number of nitrogens with zero attached hydrogens (tertiary/aromatic N) is 4. The number of ketones is 1. The zero-order valence-electron chi connectivity index (χ0n) is 22.0. The van der Waals surface area contributed by atoms with Crippen molar-refractivity contribution in [3.8, 4) is 11.3 Å². The van der Waals surface area contributed by atoms with E-state index in [0.717, 1.165) is 47.0 Å². The molecule has 0 aliphatic carbocycles. The van der Waals surface area contributed by atoms with Crippen LogP contribution in [0.3, 0.4) is 0 Å². The third kappa shape index (κ3) is 6.93. The summed E-state index contributed by atoms with van der Waals surface area (Å²) in [5.74, 6) is 0.612. The van der Waals surface area contributed by atoms with Gasteiger partial charge in [0.1, 0.15) is 17.4 Å². The number of halogens is 1. The third-order valence-corrected chi connectivity index (χ3v) is 6.95. The number of piperazine rings is 1. The van der Waals surface area contributed by atoms with Gasteiger partial charge in [0.25, 0.3) is 0 Å². The summed E-state index contributed by atoms with van der Waals surface area (Å²) in [6, 6.07) is 24.5. The molecule has 1 saturated heterocycles. The van der Waals surface area contributed by atoms with Gasteiger partial charge in [-0.25, -0.2) is 14.4 Å². The number of rotatable bonds is 8. The molecule has 0 atom stereocenters. The van der Waals surface area contributed by atoms with E-state index in [2.05, 4.69) is 34.1 Å². The fraction of sp³-hybridized carbons (Fsp3) is 0.250. The molecule has 0 saturated carbocycles. The smallest absolute Gasteiger partial charge is 0.227 e. The van der Waals surface area contributed by atoms with Gasteiger partial charge in [-0.3, -0.25) is 9.59 Å². The van der Waals surface area contributed by atoms with Gasteiger partial charge in [-0.2, -0.15) is 0 Å². The van der Waals surface area contributed by atoms with E-state index < -0.39 is 0 Å². The van der Waals surface area contributed by atoms with Crippen molar-refractivity contribution in [3.05, 3.63) is 113 Å². The molecular weight excluding hydrogens is 491 g/mol. The quantitative estimate of drug-likeness (QED) is 0.330. The number of benzene rings is 3. The maximum Gasteiger partial charge on any atom is 0.227 e. The number of hydrogen-bond acceptors (Lipinski definition) is 5. The zero-order valence-corrected chi connectivity index (χ0v) is 22.0. The van der Waals surface area contributed by atoms with Gasteiger partial charge >= 0.3 is 0 Å². The first-order valence-corrected chi connectivity index (χ1v) is 13.2. The number of anilines is 1. The molecule has 2 heterocycles. The van der Waals surface area contributed by atoms with Crippen LogP contribution in [0.5, 0.6) is 0 Å². The molecule has 1 aliphatic rings. The van der Waals surface area contributed by atoms with E-state index in [1.807, 2.05) is 35.2 Å². The van der Waals surface area contributed by atoms with E-state index in [0.29, 0.717) is 31.5 Å². The maximum atomic E-state index is 13.4. The van der Waals surface area contributed by atoms with Gasteiger partial charge in [0.2, 0.25) is 5.91 Å². The maximum absolute atomic E-state index is 13.4. The highest BCUT2D eigenvalue weighted by Gasteiger charge is 2.21. The molecule has 0 N–H and O–H groups in total. The van der Waals surface area contributed by atoms with Crippen LogP contribution in [0, 0.1) is 5.82 Å². The molecule has 0 bridgehead atoms. The van der Waals surface area contributed by atoms with E-state index in [9.17, 15) is 14.0 Å². The second-order valence-electron chi connectivity index (χ2n) is 9.95. The van der Waals surface area contributed by atoms with Crippen molar-refractivity contribution in [2.75, 3.05) is 31.1 Å². The first-order chi connectivity index (χ1) is 18.9. The molecule has 5 rings (SSSR count). The largest absolute Gasteiger partial charge is 0.368 e. The summed E-state index contributed by atoms with van der Waals surface area (Å²) in [5, 5.41) is 0. The molecule has 0 radical (unpaired) electrons. The highest BCUT2D eigenvalue weighted by molar-refractivity contribution is 5.79. The predicted octanol–water partition coefficient (Wildman–Crippen LogP) is 4.90. The van der Waals surface area contributed by atoms with Crippen molar-refractivity contribution < 1.29 is 14.0 Å². The minimum Gasteiger partial charge on any atom is -0.368 e. The van der Waals surface area contributed by atoms with Gasteiger partial charge in [0.15, 0.2) is 0 Å². The fourth-order valence-corrected chi connectivity index (χ4v) is 4.88. The SMILES string of the molecule is CC(=O)Cc1ccc(-c2ccnc(Cc3ccc(N4CCN(C(=O)Cc5cccc(F)c5)CC4)cc3)n2)cc1. The van der Waals surface area contributed by atoms with E-state index in [-0.39, 0.29) is 23.9 Å². The Hall–Kier alpha value is -4.39. The Morgan fingerprint density at radius 1 is 0.821 bits per heavy atom.